The molecule has 2 N–H and O–H groups in total. The third kappa shape index (κ3) is 3.58. The van der Waals surface area contributed by atoms with Crippen LogP contribution in [0.25, 0.3) is 0 Å². The van der Waals surface area contributed by atoms with Crippen LogP contribution in [-0.4, -0.2) is 19.0 Å². The van der Waals surface area contributed by atoms with Gasteiger partial charge in [0.2, 0.25) is 5.91 Å². The monoisotopic (exact) mass is 308 g/mol. The lowest BCUT2D eigenvalue weighted by Crippen LogP contribution is -2.50. The number of carbonyl (C=O) groups is 1. The second-order valence-corrected chi connectivity index (χ2v) is 6.29. The molecule has 1 aliphatic carbocycles. The predicted molar refractivity (Wildman–Crippen MR) is 87.4 cm³/mol. The molecule has 2 aliphatic rings. The zero-order valence-corrected chi connectivity index (χ0v) is 13.4. The van der Waals surface area contributed by atoms with Gasteiger partial charge in [0, 0.05) is 5.92 Å². The zero-order chi connectivity index (χ0) is 13.9. The fraction of sp³-hybridized carbons (Fsp3) is 0.588. The van der Waals surface area contributed by atoms with Gasteiger partial charge in [0.1, 0.15) is 0 Å². The fourth-order valence-electron chi connectivity index (χ4n) is 3.07. The number of carbonyl (C=O) groups excluding carboxylic acids is 1. The van der Waals surface area contributed by atoms with Crippen molar-refractivity contribution in [3.8, 4) is 0 Å². The van der Waals surface area contributed by atoms with Crippen LogP contribution in [0.4, 0.5) is 0 Å². The van der Waals surface area contributed by atoms with Gasteiger partial charge in [-0.05, 0) is 43.3 Å². The molecular formula is C17H25ClN2O. The van der Waals surface area contributed by atoms with Gasteiger partial charge in [-0.2, -0.15) is 0 Å². The van der Waals surface area contributed by atoms with Crippen LogP contribution in [0.5, 0.6) is 0 Å². The van der Waals surface area contributed by atoms with E-state index in [4.69, 9.17) is 0 Å². The van der Waals surface area contributed by atoms with E-state index in [0.717, 1.165) is 13.1 Å². The summed E-state index contributed by atoms with van der Waals surface area (Å²) in [5.74, 6) is 1.46. The van der Waals surface area contributed by atoms with Crippen LogP contribution in [0.2, 0.25) is 0 Å². The third-order valence-electron chi connectivity index (χ3n) is 5.01. The van der Waals surface area contributed by atoms with E-state index in [1.54, 1.807) is 0 Å². The summed E-state index contributed by atoms with van der Waals surface area (Å²) in [5.41, 5.74) is 1.25. The van der Waals surface area contributed by atoms with Crippen molar-refractivity contribution in [2.75, 3.05) is 13.1 Å². The minimum absolute atomic E-state index is 0. The first kappa shape index (κ1) is 16.3. The molecule has 1 saturated carbocycles. The minimum atomic E-state index is 0. The summed E-state index contributed by atoms with van der Waals surface area (Å²) in [5, 5.41) is 6.56. The maximum Gasteiger partial charge on any atom is 0.223 e. The summed E-state index contributed by atoms with van der Waals surface area (Å²) in [6.45, 7) is 4.02. The second-order valence-electron chi connectivity index (χ2n) is 6.29. The molecule has 4 heteroatoms. The molecule has 21 heavy (non-hydrogen) atoms. The lowest BCUT2D eigenvalue weighted by Gasteiger charge is -2.37. The molecule has 1 aliphatic heterocycles. The van der Waals surface area contributed by atoms with Crippen molar-refractivity contribution in [1.82, 2.24) is 10.6 Å². The van der Waals surface area contributed by atoms with Crippen LogP contribution < -0.4 is 10.6 Å². The van der Waals surface area contributed by atoms with Gasteiger partial charge >= 0.3 is 0 Å². The highest BCUT2D eigenvalue weighted by molar-refractivity contribution is 5.85. The molecule has 0 spiro atoms. The number of nitrogens with one attached hydrogen (secondary N) is 2. The molecule has 1 saturated heterocycles. The quantitative estimate of drug-likeness (QED) is 0.878. The van der Waals surface area contributed by atoms with E-state index in [-0.39, 0.29) is 30.3 Å². The zero-order valence-electron chi connectivity index (χ0n) is 12.5. The van der Waals surface area contributed by atoms with Crippen LogP contribution in [0.3, 0.4) is 0 Å². The molecule has 1 aromatic carbocycles. The number of amides is 1. The number of rotatable bonds is 5. The van der Waals surface area contributed by atoms with Crippen LogP contribution >= 0.6 is 12.4 Å². The Morgan fingerprint density at radius 3 is 2.33 bits per heavy atom. The summed E-state index contributed by atoms with van der Waals surface area (Å²) in [7, 11) is 0. The summed E-state index contributed by atoms with van der Waals surface area (Å²) >= 11 is 0. The van der Waals surface area contributed by atoms with Crippen molar-refractivity contribution in [1.29, 1.82) is 0 Å². The highest BCUT2D eigenvalue weighted by Gasteiger charge is 2.33. The first-order valence-electron chi connectivity index (χ1n) is 7.81. The molecule has 3 rings (SSSR count). The molecule has 2 fully saturated rings. The van der Waals surface area contributed by atoms with Crippen molar-refractivity contribution >= 4 is 18.3 Å². The fourth-order valence-corrected chi connectivity index (χ4v) is 3.07. The number of benzene rings is 1. The Balaban J connectivity index is 0.00000161. The summed E-state index contributed by atoms with van der Waals surface area (Å²) in [6.07, 6.45) is 3.77. The first-order chi connectivity index (χ1) is 9.75. The molecule has 2 unspecified atom stereocenters. The topological polar surface area (TPSA) is 41.1 Å². The van der Waals surface area contributed by atoms with Gasteiger partial charge in [0.15, 0.2) is 0 Å². The lowest BCUT2D eigenvalue weighted by molar-refractivity contribution is -0.128. The molecule has 1 amide bonds. The van der Waals surface area contributed by atoms with Gasteiger partial charge in [0.25, 0.3) is 0 Å². The highest BCUT2D eigenvalue weighted by atomic mass is 35.5. The Labute approximate surface area is 133 Å². The van der Waals surface area contributed by atoms with Gasteiger partial charge in [-0.15, -0.1) is 12.4 Å². The SMILES string of the molecule is CC(C(=O)NC(c1ccccc1)C1CCC1)C1CNC1.Cl. The molecule has 3 nitrogen and oxygen atoms in total. The number of hydrogen-bond donors (Lipinski definition) is 2. The first-order valence-corrected chi connectivity index (χ1v) is 7.81. The summed E-state index contributed by atoms with van der Waals surface area (Å²) in [6, 6.07) is 10.6. The molecule has 1 heterocycles. The van der Waals surface area contributed by atoms with E-state index in [9.17, 15) is 4.79 Å². The normalized spacial score (nSPS) is 21.4. The number of hydrogen-bond acceptors (Lipinski definition) is 2. The third-order valence-corrected chi connectivity index (χ3v) is 5.01. The Morgan fingerprint density at radius 1 is 1.19 bits per heavy atom. The van der Waals surface area contributed by atoms with E-state index in [1.807, 2.05) is 6.07 Å². The molecule has 0 aromatic heterocycles. The average Bonchev–Trinajstić information content (AvgIpc) is 2.34. The molecule has 2 atom stereocenters. The maximum atomic E-state index is 12.5. The Kier molecular flexibility index (Phi) is 5.65. The molecule has 0 bridgehead atoms. The second kappa shape index (κ2) is 7.28. The minimum Gasteiger partial charge on any atom is -0.349 e. The predicted octanol–water partition coefficient (Wildman–Crippen LogP) is 2.92. The standard InChI is InChI=1S/C17H24N2O.ClH/c1-12(15-10-18-11-15)17(20)19-16(14-8-5-9-14)13-6-3-2-4-7-13;/h2-4,6-7,12,14-16,18H,5,8-11H2,1H3,(H,19,20);1H. The Bertz CT molecular complexity index is 457. The van der Waals surface area contributed by atoms with E-state index in [1.165, 1.54) is 24.8 Å². The van der Waals surface area contributed by atoms with Crippen LogP contribution in [0.15, 0.2) is 30.3 Å². The van der Waals surface area contributed by atoms with Gasteiger partial charge in [-0.25, -0.2) is 0 Å². The Hall–Kier alpha value is -1.06. The number of halogens is 1. The van der Waals surface area contributed by atoms with Gasteiger partial charge in [-0.3, -0.25) is 4.79 Å². The molecule has 1 aromatic rings. The largest absolute Gasteiger partial charge is 0.349 e. The van der Waals surface area contributed by atoms with Crippen molar-refractivity contribution in [3.05, 3.63) is 35.9 Å². The smallest absolute Gasteiger partial charge is 0.223 e. The highest BCUT2D eigenvalue weighted by Crippen LogP contribution is 2.38. The molecule has 116 valence electrons. The van der Waals surface area contributed by atoms with Crippen LogP contribution in [-0.2, 0) is 4.79 Å². The maximum absolute atomic E-state index is 12.5. The lowest BCUT2D eigenvalue weighted by atomic mass is 9.76. The van der Waals surface area contributed by atoms with E-state index >= 15 is 0 Å². The van der Waals surface area contributed by atoms with Gasteiger partial charge in [-0.1, -0.05) is 43.7 Å². The average molecular weight is 309 g/mol. The van der Waals surface area contributed by atoms with Gasteiger partial charge < -0.3 is 10.6 Å². The molecular weight excluding hydrogens is 284 g/mol. The van der Waals surface area contributed by atoms with Crippen molar-refractivity contribution < 1.29 is 4.79 Å². The van der Waals surface area contributed by atoms with Crippen molar-refractivity contribution in [2.45, 2.75) is 32.2 Å². The van der Waals surface area contributed by atoms with E-state index < -0.39 is 0 Å². The van der Waals surface area contributed by atoms with Crippen LogP contribution in [0, 0.1) is 17.8 Å². The van der Waals surface area contributed by atoms with Crippen LogP contribution in [0.1, 0.15) is 37.8 Å². The van der Waals surface area contributed by atoms with Crippen molar-refractivity contribution in [2.24, 2.45) is 17.8 Å². The van der Waals surface area contributed by atoms with E-state index in [0.29, 0.717) is 11.8 Å². The Morgan fingerprint density at radius 2 is 1.86 bits per heavy atom. The summed E-state index contributed by atoms with van der Waals surface area (Å²) in [4.78, 5) is 12.5. The summed E-state index contributed by atoms with van der Waals surface area (Å²) < 4.78 is 0. The van der Waals surface area contributed by atoms with E-state index in [2.05, 4.69) is 41.8 Å². The van der Waals surface area contributed by atoms with Gasteiger partial charge in [0.05, 0.1) is 6.04 Å². The van der Waals surface area contributed by atoms with Crippen molar-refractivity contribution in [3.63, 3.8) is 0 Å². The molecule has 0 radical (unpaired) electrons.